The summed E-state index contributed by atoms with van der Waals surface area (Å²) in [6, 6.07) is 0. The second-order valence-electron chi connectivity index (χ2n) is 5.19. The zero-order valence-corrected chi connectivity index (χ0v) is 14.0. The van der Waals surface area contributed by atoms with Gasteiger partial charge in [0.05, 0.1) is 13.2 Å². The Kier molecular flexibility index (Phi) is 8.12. The van der Waals surface area contributed by atoms with Crippen molar-refractivity contribution in [1.29, 1.82) is 0 Å². The van der Waals surface area contributed by atoms with E-state index in [0.29, 0.717) is 13.1 Å². The predicted molar refractivity (Wildman–Crippen MR) is 76.7 cm³/mol. The number of carboxylic acids is 1. The van der Waals surface area contributed by atoms with Crippen molar-refractivity contribution in [3.8, 4) is 0 Å². The van der Waals surface area contributed by atoms with E-state index in [4.69, 9.17) is 14.9 Å². The van der Waals surface area contributed by atoms with Gasteiger partial charge in [-0.15, -0.1) is 0 Å². The number of carboxylic acid groups (broad SMARTS) is 1. The van der Waals surface area contributed by atoms with E-state index in [1.165, 1.54) is 0 Å². The largest absolute Gasteiger partial charge is 0.480 e. The third-order valence-corrected chi connectivity index (χ3v) is 3.70. The Bertz CT molecular complexity index is 411. The lowest BCUT2D eigenvalue weighted by molar-refractivity contribution is -0.136. The first-order valence-corrected chi connectivity index (χ1v) is 8.86. The molecule has 2 atom stereocenters. The van der Waals surface area contributed by atoms with Crippen LogP contribution in [0.2, 0.25) is 0 Å². The first-order chi connectivity index (χ1) is 10.2. The molecule has 4 N–H and O–H groups in total. The fourth-order valence-electron chi connectivity index (χ4n) is 2.29. The summed E-state index contributed by atoms with van der Waals surface area (Å²) in [5.41, 5.74) is -0.653. The van der Waals surface area contributed by atoms with E-state index in [2.05, 4.69) is 14.4 Å². The molecule has 11 nitrogen and oxygen atoms in total. The van der Waals surface area contributed by atoms with Crippen LogP contribution in [0.1, 0.15) is 6.92 Å². The maximum atomic E-state index is 10.7. The standard InChI is InChI=1S/C9H21N3O8P2/c1-9(10-2-8(13)14)3-11(6-19-21(15)16)5-12(4-9)7-20-22(17)18/h10,21-22H,2-7H2,1H3,(H,13,14)(H,15,16)(H,17,18). The molecule has 0 aliphatic carbocycles. The second kappa shape index (κ2) is 9.07. The second-order valence-corrected chi connectivity index (χ2v) is 6.83. The van der Waals surface area contributed by atoms with E-state index in [-0.39, 0.29) is 26.7 Å². The molecule has 0 amide bonds. The number of nitrogens with zero attached hydrogens (tertiary/aromatic N) is 2. The van der Waals surface area contributed by atoms with Crippen molar-refractivity contribution in [3.05, 3.63) is 0 Å². The molecule has 1 saturated heterocycles. The minimum absolute atomic E-state index is 0.122. The summed E-state index contributed by atoms with van der Waals surface area (Å²) in [6.45, 7) is 2.31. The van der Waals surface area contributed by atoms with Gasteiger partial charge in [0, 0.05) is 18.6 Å². The predicted octanol–water partition coefficient (Wildman–Crippen LogP) is -1.29. The molecule has 0 spiro atoms. The van der Waals surface area contributed by atoms with Gasteiger partial charge in [0.1, 0.15) is 13.5 Å². The van der Waals surface area contributed by atoms with Gasteiger partial charge in [0.2, 0.25) is 0 Å². The molecule has 1 heterocycles. The van der Waals surface area contributed by atoms with Crippen LogP contribution in [0.15, 0.2) is 0 Å². The lowest BCUT2D eigenvalue weighted by atomic mass is 9.99. The molecule has 0 radical (unpaired) electrons. The summed E-state index contributed by atoms with van der Waals surface area (Å²) in [5.74, 6) is -1.02. The third-order valence-electron chi connectivity index (χ3n) is 2.95. The summed E-state index contributed by atoms with van der Waals surface area (Å²) >= 11 is 0. The highest BCUT2D eigenvalue weighted by atomic mass is 31.1. The molecule has 1 aliphatic rings. The average Bonchev–Trinajstić information content (AvgIpc) is 2.40. The summed E-state index contributed by atoms with van der Waals surface area (Å²) in [7, 11) is -6.16. The van der Waals surface area contributed by atoms with Gasteiger partial charge >= 0.3 is 22.5 Å². The molecular weight excluding hydrogens is 340 g/mol. The van der Waals surface area contributed by atoms with Crippen LogP contribution in [0.25, 0.3) is 0 Å². The van der Waals surface area contributed by atoms with Crippen LogP contribution in [0.3, 0.4) is 0 Å². The Balaban J connectivity index is 2.67. The van der Waals surface area contributed by atoms with Crippen LogP contribution in [0.4, 0.5) is 0 Å². The normalized spacial score (nSPS) is 26.7. The molecule has 0 saturated carbocycles. The number of hydrogen-bond acceptors (Lipinski definition) is 8. The molecule has 22 heavy (non-hydrogen) atoms. The van der Waals surface area contributed by atoms with E-state index >= 15 is 0 Å². The zero-order valence-electron chi connectivity index (χ0n) is 12.0. The van der Waals surface area contributed by atoms with Crippen molar-refractivity contribution in [2.45, 2.75) is 12.5 Å². The Morgan fingerprint density at radius 3 is 2.00 bits per heavy atom. The zero-order chi connectivity index (χ0) is 16.8. The molecule has 1 rings (SSSR count). The molecule has 130 valence electrons. The van der Waals surface area contributed by atoms with Gasteiger partial charge in [-0.2, -0.15) is 0 Å². The van der Waals surface area contributed by atoms with Crippen molar-refractivity contribution < 1.29 is 37.9 Å². The quantitative estimate of drug-likeness (QED) is 0.363. The van der Waals surface area contributed by atoms with Gasteiger partial charge in [-0.25, -0.2) is 0 Å². The summed E-state index contributed by atoms with van der Waals surface area (Å²) in [6.07, 6.45) is 0. The van der Waals surface area contributed by atoms with Gasteiger partial charge in [-0.1, -0.05) is 0 Å². The average molecular weight is 361 g/mol. The maximum absolute atomic E-state index is 10.7. The van der Waals surface area contributed by atoms with E-state index in [1.54, 1.807) is 16.7 Å². The maximum Gasteiger partial charge on any atom is 0.317 e. The number of hydrogen-bond donors (Lipinski definition) is 4. The van der Waals surface area contributed by atoms with E-state index < -0.39 is 28.0 Å². The van der Waals surface area contributed by atoms with Crippen molar-refractivity contribution in [2.24, 2.45) is 0 Å². The molecule has 1 aliphatic heterocycles. The minimum Gasteiger partial charge on any atom is -0.480 e. The van der Waals surface area contributed by atoms with Crippen molar-refractivity contribution in [3.63, 3.8) is 0 Å². The van der Waals surface area contributed by atoms with E-state index in [1.807, 2.05) is 0 Å². The fraction of sp³-hybridized carbons (Fsp3) is 0.889. The van der Waals surface area contributed by atoms with Crippen LogP contribution < -0.4 is 5.32 Å². The Morgan fingerprint density at radius 1 is 1.18 bits per heavy atom. The number of aliphatic carboxylic acids is 1. The number of nitrogens with one attached hydrogen (secondary N) is 1. The van der Waals surface area contributed by atoms with Gasteiger partial charge < -0.3 is 14.9 Å². The van der Waals surface area contributed by atoms with E-state index in [9.17, 15) is 13.9 Å². The molecule has 0 aromatic heterocycles. The highest BCUT2D eigenvalue weighted by Gasteiger charge is 2.35. The summed E-state index contributed by atoms with van der Waals surface area (Å²) in [5, 5.41) is 11.6. The fourth-order valence-corrected chi connectivity index (χ4v) is 2.87. The van der Waals surface area contributed by atoms with Crippen molar-refractivity contribution >= 4 is 22.5 Å². The highest BCUT2D eigenvalue weighted by molar-refractivity contribution is 7.32. The molecule has 0 bridgehead atoms. The van der Waals surface area contributed by atoms with Crippen molar-refractivity contribution in [2.75, 3.05) is 39.8 Å². The Labute approximate surface area is 128 Å². The van der Waals surface area contributed by atoms with Crippen LogP contribution in [-0.2, 0) is 23.0 Å². The molecule has 2 unspecified atom stereocenters. The molecule has 0 aromatic rings. The molecule has 0 aromatic carbocycles. The van der Waals surface area contributed by atoms with Gasteiger partial charge in [0.25, 0.3) is 0 Å². The van der Waals surface area contributed by atoms with Crippen LogP contribution in [-0.4, -0.2) is 76.0 Å². The van der Waals surface area contributed by atoms with Crippen LogP contribution in [0, 0.1) is 0 Å². The third kappa shape index (κ3) is 7.77. The lowest BCUT2D eigenvalue weighted by Gasteiger charge is -2.45. The lowest BCUT2D eigenvalue weighted by Crippen LogP contribution is -2.65. The first-order valence-electron chi connectivity index (χ1n) is 6.33. The highest BCUT2D eigenvalue weighted by Crippen LogP contribution is 2.22. The van der Waals surface area contributed by atoms with Gasteiger partial charge in [-0.05, 0) is 6.92 Å². The monoisotopic (exact) mass is 361 g/mol. The topological polar surface area (TPSA) is 149 Å². The minimum atomic E-state index is -3.08. The summed E-state index contributed by atoms with van der Waals surface area (Å²) < 4.78 is 30.7. The number of carbonyl (C=O) groups is 1. The molecular formula is C9H21N3O8P2. The van der Waals surface area contributed by atoms with Gasteiger partial charge in [0.15, 0.2) is 0 Å². The van der Waals surface area contributed by atoms with Crippen molar-refractivity contribution in [1.82, 2.24) is 15.1 Å². The molecule has 1 fully saturated rings. The molecule has 13 heteroatoms. The van der Waals surface area contributed by atoms with Crippen LogP contribution in [0.5, 0.6) is 0 Å². The Hall–Kier alpha value is -0.350. The number of rotatable bonds is 9. The summed E-state index contributed by atoms with van der Waals surface area (Å²) in [4.78, 5) is 31.5. The smallest absolute Gasteiger partial charge is 0.317 e. The first kappa shape index (κ1) is 19.7. The van der Waals surface area contributed by atoms with Crippen LogP contribution >= 0.6 is 16.5 Å². The Morgan fingerprint density at radius 2 is 1.64 bits per heavy atom. The SMILES string of the molecule is CC1(NCC(=O)O)CN(CO[PH](=O)O)CN(CO[PH](=O)O)C1. The van der Waals surface area contributed by atoms with E-state index in [0.717, 1.165) is 0 Å². The van der Waals surface area contributed by atoms with Gasteiger partial charge in [-0.3, -0.25) is 38.1 Å².